The Morgan fingerprint density at radius 2 is 1.56 bits per heavy atom. The molecule has 2 rings (SSSR count). The molecule has 0 radical (unpaired) electrons. The monoisotopic (exact) mass is 224 g/mol. The molecule has 2 aliphatic rings. The highest BCUT2D eigenvalue weighted by Crippen LogP contribution is 2.27. The lowest BCUT2D eigenvalue weighted by atomic mass is 9.95. The molecule has 0 bridgehead atoms. The van der Waals surface area contributed by atoms with E-state index in [0.29, 0.717) is 0 Å². The summed E-state index contributed by atoms with van der Waals surface area (Å²) in [6.45, 7) is 5.40. The van der Waals surface area contributed by atoms with E-state index in [4.69, 9.17) is 0 Å². The van der Waals surface area contributed by atoms with Gasteiger partial charge in [0.2, 0.25) is 0 Å². The van der Waals surface area contributed by atoms with Gasteiger partial charge >= 0.3 is 0 Å². The lowest BCUT2D eigenvalue weighted by molar-refractivity contribution is 0.145. The molecule has 0 amide bonds. The van der Waals surface area contributed by atoms with Gasteiger partial charge in [-0.3, -0.25) is 0 Å². The van der Waals surface area contributed by atoms with Crippen LogP contribution in [-0.4, -0.2) is 50.1 Å². The normalized spacial score (nSPS) is 25.7. The summed E-state index contributed by atoms with van der Waals surface area (Å²) in [6.07, 6.45) is 8.81. The maximum absolute atomic E-state index is 2.72. The molecule has 1 saturated carbocycles. The van der Waals surface area contributed by atoms with E-state index < -0.39 is 0 Å². The van der Waals surface area contributed by atoms with Crippen molar-refractivity contribution in [3.63, 3.8) is 0 Å². The molecule has 2 heteroatoms. The number of likely N-dealkylation sites (tertiary alicyclic amines) is 1. The van der Waals surface area contributed by atoms with Gasteiger partial charge in [-0.05, 0) is 64.7 Å². The van der Waals surface area contributed by atoms with Crippen LogP contribution in [0.3, 0.4) is 0 Å². The predicted molar refractivity (Wildman–Crippen MR) is 69.7 cm³/mol. The third-order valence-corrected chi connectivity index (χ3v) is 4.32. The van der Waals surface area contributed by atoms with Crippen LogP contribution in [0.2, 0.25) is 0 Å². The number of hydrogen-bond acceptors (Lipinski definition) is 2. The average Bonchev–Trinajstić information content (AvgIpc) is 2.73. The first-order valence-corrected chi connectivity index (χ1v) is 7.11. The topological polar surface area (TPSA) is 6.48 Å². The summed E-state index contributed by atoms with van der Waals surface area (Å²) in [5.41, 5.74) is 0. The zero-order valence-corrected chi connectivity index (χ0v) is 11.1. The number of rotatable bonds is 4. The quantitative estimate of drug-likeness (QED) is 0.724. The summed E-state index contributed by atoms with van der Waals surface area (Å²) in [4.78, 5) is 5.07. The van der Waals surface area contributed by atoms with Crippen LogP contribution in [-0.2, 0) is 0 Å². The number of nitrogens with zero attached hydrogens (tertiary/aromatic N) is 2. The second kappa shape index (κ2) is 6.02. The molecule has 0 aromatic carbocycles. The molecule has 2 fully saturated rings. The summed E-state index contributed by atoms with van der Waals surface area (Å²) in [5, 5.41) is 0. The largest absolute Gasteiger partial charge is 0.309 e. The van der Waals surface area contributed by atoms with Crippen molar-refractivity contribution in [2.45, 2.75) is 38.5 Å². The van der Waals surface area contributed by atoms with Crippen molar-refractivity contribution in [2.75, 3.05) is 40.3 Å². The molecule has 0 N–H and O–H groups in total. The van der Waals surface area contributed by atoms with Gasteiger partial charge in [-0.2, -0.15) is 0 Å². The van der Waals surface area contributed by atoms with Crippen LogP contribution < -0.4 is 0 Å². The van der Waals surface area contributed by atoms with Gasteiger partial charge in [0.05, 0.1) is 0 Å². The Balaban J connectivity index is 1.64. The number of hydrogen-bond donors (Lipinski definition) is 0. The Hall–Kier alpha value is -0.0800. The van der Waals surface area contributed by atoms with Gasteiger partial charge in [-0.15, -0.1) is 0 Å². The van der Waals surface area contributed by atoms with Crippen LogP contribution in [0.15, 0.2) is 0 Å². The highest BCUT2D eigenvalue weighted by atomic mass is 15.1. The van der Waals surface area contributed by atoms with Crippen molar-refractivity contribution in [1.29, 1.82) is 0 Å². The van der Waals surface area contributed by atoms with E-state index in [1.54, 1.807) is 0 Å². The fourth-order valence-corrected chi connectivity index (χ4v) is 3.43. The van der Waals surface area contributed by atoms with E-state index in [1.807, 2.05) is 0 Å². The zero-order chi connectivity index (χ0) is 11.4. The first kappa shape index (κ1) is 12.4. The van der Waals surface area contributed by atoms with Crippen molar-refractivity contribution in [3.8, 4) is 0 Å². The molecule has 1 heterocycles. The van der Waals surface area contributed by atoms with Gasteiger partial charge in [-0.25, -0.2) is 0 Å². The maximum atomic E-state index is 2.72. The van der Waals surface area contributed by atoms with Crippen molar-refractivity contribution < 1.29 is 0 Å². The van der Waals surface area contributed by atoms with E-state index in [2.05, 4.69) is 23.9 Å². The Bertz CT molecular complexity index is 189. The summed E-state index contributed by atoms with van der Waals surface area (Å²) < 4.78 is 0. The van der Waals surface area contributed by atoms with E-state index in [9.17, 15) is 0 Å². The fourth-order valence-electron chi connectivity index (χ4n) is 3.43. The summed E-state index contributed by atoms with van der Waals surface area (Å²) in [5.74, 6) is 1.99. The van der Waals surface area contributed by atoms with Crippen molar-refractivity contribution >= 4 is 0 Å². The summed E-state index contributed by atoms with van der Waals surface area (Å²) in [7, 11) is 4.40. The standard InChI is InChI=1S/C14H28N2/c1-15(2)11-14-7-9-16(10-8-14)12-13-5-3-4-6-13/h13-14H,3-12H2,1-2H3. The van der Waals surface area contributed by atoms with Crippen LogP contribution in [0.25, 0.3) is 0 Å². The molecule has 0 aromatic rings. The Kier molecular flexibility index (Phi) is 4.66. The van der Waals surface area contributed by atoms with Crippen molar-refractivity contribution in [1.82, 2.24) is 9.80 Å². The first-order valence-electron chi connectivity index (χ1n) is 7.11. The molecule has 0 unspecified atom stereocenters. The van der Waals surface area contributed by atoms with Crippen LogP contribution in [0, 0.1) is 11.8 Å². The SMILES string of the molecule is CN(C)CC1CCN(CC2CCCC2)CC1. The van der Waals surface area contributed by atoms with E-state index in [-0.39, 0.29) is 0 Å². The molecule has 1 aliphatic heterocycles. The smallest absolute Gasteiger partial charge is 0.000966 e. The summed E-state index contributed by atoms with van der Waals surface area (Å²) >= 11 is 0. The molecule has 16 heavy (non-hydrogen) atoms. The average molecular weight is 224 g/mol. The minimum atomic E-state index is 0.954. The third kappa shape index (κ3) is 3.74. The van der Waals surface area contributed by atoms with E-state index in [0.717, 1.165) is 11.8 Å². The molecule has 2 nitrogen and oxygen atoms in total. The zero-order valence-electron chi connectivity index (χ0n) is 11.1. The van der Waals surface area contributed by atoms with Crippen molar-refractivity contribution in [2.24, 2.45) is 11.8 Å². The molecule has 0 aromatic heterocycles. The predicted octanol–water partition coefficient (Wildman–Crippen LogP) is 2.45. The van der Waals surface area contributed by atoms with Gasteiger partial charge in [-0.1, -0.05) is 12.8 Å². The second-order valence-corrected chi connectivity index (χ2v) is 6.16. The molecule has 94 valence electrons. The van der Waals surface area contributed by atoms with Crippen LogP contribution in [0.5, 0.6) is 0 Å². The van der Waals surface area contributed by atoms with Gasteiger partial charge in [0.25, 0.3) is 0 Å². The molecule has 1 saturated heterocycles. The van der Waals surface area contributed by atoms with Crippen LogP contribution in [0.4, 0.5) is 0 Å². The molecule has 0 atom stereocenters. The highest BCUT2D eigenvalue weighted by Gasteiger charge is 2.23. The lowest BCUT2D eigenvalue weighted by Crippen LogP contribution is -2.39. The van der Waals surface area contributed by atoms with E-state index >= 15 is 0 Å². The molecule has 0 spiro atoms. The molecular formula is C14H28N2. The van der Waals surface area contributed by atoms with Gasteiger partial charge in [0.15, 0.2) is 0 Å². The van der Waals surface area contributed by atoms with Crippen molar-refractivity contribution in [3.05, 3.63) is 0 Å². The van der Waals surface area contributed by atoms with Crippen LogP contribution in [0.1, 0.15) is 38.5 Å². The van der Waals surface area contributed by atoms with Crippen LogP contribution >= 0.6 is 0 Å². The van der Waals surface area contributed by atoms with Gasteiger partial charge < -0.3 is 9.80 Å². The van der Waals surface area contributed by atoms with E-state index in [1.165, 1.54) is 64.7 Å². The lowest BCUT2D eigenvalue weighted by Gasteiger charge is -2.34. The first-order chi connectivity index (χ1) is 7.74. The molecule has 1 aliphatic carbocycles. The fraction of sp³-hybridized carbons (Fsp3) is 1.00. The highest BCUT2D eigenvalue weighted by molar-refractivity contribution is 4.77. The van der Waals surface area contributed by atoms with Gasteiger partial charge in [0.1, 0.15) is 0 Å². The molecular weight excluding hydrogens is 196 g/mol. The summed E-state index contributed by atoms with van der Waals surface area (Å²) in [6, 6.07) is 0. The Morgan fingerprint density at radius 3 is 2.12 bits per heavy atom. The Morgan fingerprint density at radius 1 is 0.938 bits per heavy atom. The minimum absolute atomic E-state index is 0.954. The third-order valence-electron chi connectivity index (χ3n) is 4.32. The number of piperidine rings is 1. The van der Waals surface area contributed by atoms with Gasteiger partial charge in [0, 0.05) is 13.1 Å². The maximum Gasteiger partial charge on any atom is 0.000966 e. The second-order valence-electron chi connectivity index (χ2n) is 6.16. The Labute approximate surface area is 101 Å². The minimum Gasteiger partial charge on any atom is -0.309 e.